The number of aromatic nitrogens is 1. The lowest BCUT2D eigenvalue weighted by atomic mass is 9.96. The molecule has 0 amide bonds. The SMILES string of the molecule is CCc1[nH]c2cccc(-c3ccc(F)c(F)c3)c2c1CCN. The first-order chi connectivity index (χ1) is 10.7. The van der Waals surface area contributed by atoms with Gasteiger partial charge in [0.05, 0.1) is 0 Å². The fourth-order valence-electron chi connectivity index (χ4n) is 3.00. The molecule has 1 heterocycles. The number of fused-ring (bicyclic) bond motifs is 1. The van der Waals surface area contributed by atoms with Crippen LogP contribution in [0, 0.1) is 11.6 Å². The highest BCUT2D eigenvalue weighted by Gasteiger charge is 2.15. The van der Waals surface area contributed by atoms with E-state index in [0.717, 1.165) is 35.0 Å². The van der Waals surface area contributed by atoms with Crippen LogP contribution in [-0.4, -0.2) is 11.5 Å². The normalized spacial score (nSPS) is 11.3. The van der Waals surface area contributed by atoms with Crippen molar-refractivity contribution in [2.75, 3.05) is 6.54 Å². The van der Waals surface area contributed by atoms with Gasteiger partial charge >= 0.3 is 0 Å². The Labute approximate surface area is 128 Å². The number of halogens is 2. The van der Waals surface area contributed by atoms with Crippen molar-refractivity contribution in [3.63, 3.8) is 0 Å². The van der Waals surface area contributed by atoms with E-state index in [1.165, 1.54) is 17.7 Å². The van der Waals surface area contributed by atoms with Gasteiger partial charge in [-0.3, -0.25) is 0 Å². The standard InChI is InChI=1S/C18H18F2N2/c1-2-16-13(8-9-21)18-12(4-3-5-17(18)22-16)11-6-7-14(19)15(20)10-11/h3-7,10,22H,2,8-9,21H2,1H3. The van der Waals surface area contributed by atoms with Crippen molar-refractivity contribution in [3.05, 3.63) is 59.3 Å². The number of nitrogens with one attached hydrogen (secondary N) is 1. The lowest BCUT2D eigenvalue weighted by Gasteiger charge is -2.08. The summed E-state index contributed by atoms with van der Waals surface area (Å²) in [7, 11) is 0. The van der Waals surface area contributed by atoms with Gasteiger partial charge in [0.2, 0.25) is 0 Å². The molecule has 0 atom stereocenters. The molecule has 22 heavy (non-hydrogen) atoms. The molecule has 3 rings (SSSR count). The fourth-order valence-corrected chi connectivity index (χ4v) is 3.00. The molecule has 1 aromatic heterocycles. The van der Waals surface area contributed by atoms with Crippen molar-refractivity contribution in [2.24, 2.45) is 5.73 Å². The maximum atomic E-state index is 13.6. The Hall–Kier alpha value is -2.20. The summed E-state index contributed by atoms with van der Waals surface area (Å²) in [5.74, 6) is -1.66. The highest BCUT2D eigenvalue weighted by atomic mass is 19.2. The topological polar surface area (TPSA) is 41.8 Å². The number of hydrogen-bond donors (Lipinski definition) is 2. The maximum Gasteiger partial charge on any atom is 0.159 e. The van der Waals surface area contributed by atoms with Crippen LogP contribution >= 0.6 is 0 Å². The molecule has 3 aromatic rings. The minimum absolute atomic E-state index is 0.548. The number of nitrogens with two attached hydrogens (primary N) is 1. The highest BCUT2D eigenvalue weighted by molar-refractivity contribution is 5.98. The van der Waals surface area contributed by atoms with Crippen LogP contribution in [0.25, 0.3) is 22.0 Å². The molecule has 0 radical (unpaired) electrons. The summed E-state index contributed by atoms with van der Waals surface area (Å²) in [4.78, 5) is 3.41. The Bertz CT molecular complexity index is 821. The zero-order valence-corrected chi connectivity index (χ0v) is 12.4. The smallest absolute Gasteiger partial charge is 0.159 e. The number of aryl methyl sites for hydroxylation is 1. The number of rotatable bonds is 4. The fraction of sp³-hybridized carbons (Fsp3) is 0.222. The van der Waals surface area contributed by atoms with Crippen LogP contribution in [0.15, 0.2) is 36.4 Å². The number of hydrogen-bond acceptors (Lipinski definition) is 1. The van der Waals surface area contributed by atoms with Crippen LogP contribution in [0.4, 0.5) is 8.78 Å². The summed E-state index contributed by atoms with van der Waals surface area (Å²) in [5.41, 5.74) is 10.6. The second-order valence-corrected chi connectivity index (χ2v) is 5.33. The molecule has 0 aliphatic heterocycles. The third-order valence-corrected chi connectivity index (χ3v) is 3.99. The Balaban J connectivity index is 2.28. The zero-order valence-electron chi connectivity index (χ0n) is 12.4. The molecule has 2 aromatic carbocycles. The van der Waals surface area contributed by atoms with E-state index in [1.807, 2.05) is 18.2 Å². The van der Waals surface area contributed by atoms with E-state index in [9.17, 15) is 8.78 Å². The van der Waals surface area contributed by atoms with Crippen molar-refractivity contribution in [1.82, 2.24) is 4.98 Å². The molecule has 0 aliphatic rings. The molecule has 0 saturated carbocycles. The zero-order chi connectivity index (χ0) is 15.7. The summed E-state index contributed by atoms with van der Waals surface area (Å²) in [6, 6.07) is 9.87. The molecule has 0 saturated heterocycles. The monoisotopic (exact) mass is 300 g/mol. The molecule has 0 aliphatic carbocycles. The maximum absolute atomic E-state index is 13.6. The Morgan fingerprint density at radius 1 is 1.09 bits per heavy atom. The van der Waals surface area contributed by atoms with Crippen LogP contribution in [-0.2, 0) is 12.8 Å². The molecule has 3 N–H and O–H groups in total. The average Bonchev–Trinajstić information content (AvgIpc) is 2.88. The molecule has 0 spiro atoms. The minimum Gasteiger partial charge on any atom is -0.358 e. The van der Waals surface area contributed by atoms with E-state index in [1.54, 1.807) is 6.07 Å². The van der Waals surface area contributed by atoms with Gasteiger partial charge in [-0.25, -0.2) is 8.78 Å². The first-order valence-electron chi connectivity index (χ1n) is 7.43. The second kappa shape index (κ2) is 5.89. The van der Waals surface area contributed by atoms with Crippen LogP contribution in [0.1, 0.15) is 18.2 Å². The van der Waals surface area contributed by atoms with Gasteiger partial charge in [-0.2, -0.15) is 0 Å². The van der Waals surface area contributed by atoms with Crippen LogP contribution in [0.5, 0.6) is 0 Å². The minimum atomic E-state index is -0.832. The lowest BCUT2D eigenvalue weighted by Crippen LogP contribution is -2.04. The Kier molecular flexibility index (Phi) is 3.94. The van der Waals surface area contributed by atoms with E-state index in [0.29, 0.717) is 12.1 Å². The van der Waals surface area contributed by atoms with Crippen molar-refractivity contribution in [2.45, 2.75) is 19.8 Å². The van der Waals surface area contributed by atoms with E-state index in [4.69, 9.17) is 5.73 Å². The molecule has 0 bridgehead atoms. The Morgan fingerprint density at radius 3 is 2.59 bits per heavy atom. The van der Waals surface area contributed by atoms with Gasteiger partial charge < -0.3 is 10.7 Å². The summed E-state index contributed by atoms with van der Waals surface area (Å²) >= 11 is 0. The van der Waals surface area contributed by atoms with Gasteiger partial charge in [-0.15, -0.1) is 0 Å². The molecule has 2 nitrogen and oxygen atoms in total. The predicted molar refractivity (Wildman–Crippen MR) is 85.8 cm³/mol. The number of benzene rings is 2. The highest BCUT2D eigenvalue weighted by Crippen LogP contribution is 2.34. The molecule has 114 valence electrons. The van der Waals surface area contributed by atoms with Gasteiger partial charge in [-0.1, -0.05) is 25.1 Å². The van der Waals surface area contributed by atoms with Crippen molar-refractivity contribution in [3.8, 4) is 11.1 Å². The largest absolute Gasteiger partial charge is 0.358 e. The van der Waals surface area contributed by atoms with Crippen LogP contribution in [0.3, 0.4) is 0 Å². The van der Waals surface area contributed by atoms with Crippen molar-refractivity contribution >= 4 is 10.9 Å². The average molecular weight is 300 g/mol. The summed E-state index contributed by atoms with van der Waals surface area (Å²) < 4.78 is 26.8. The third kappa shape index (κ3) is 2.40. The van der Waals surface area contributed by atoms with Gasteiger partial charge in [0.15, 0.2) is 11.6 Å². The van der Waals surface area contributed by atoms with E-state index >= 15 is 0 Å². The van der Waals surface area contributed by atoms with Gasteiger partial charge in [0, 0.05) is 16.6 Å². The summed E-state index contributed by atoms with van der Waals surface area (Å²) in [5, 5.41) is 1.05. The first kappa shape index (κ1) is 14.7. The summed E-state index contributed by atoms with van der Waals surface area (Å²) in [6.07, 6.45) is 1.63. The summed E-state index contributed by atoms with van der Waals surface area (Å²) in [6.45, 7) is 2.63. The molecule has 0 unspecified atom stereocenters. The van der Waals surface area contributed by atoms with Crippen molar-refractivity contribution < 1.29 is 8.78 Å². The van der Waals surface area contributed by atoms with Gasteiger partial charge in [0.1, 0.15) is 0 Å². The van der Waals surface area contributed by atoms with E-state index < -0.39 is 11.6 Å². The van der Waals surface area contributed by atoms with Crippen LogP contribution < -0.4 is 5.73 Å². The Morgan fingerprint density at radius 2 is 1.91 bits per heavy atom. The van der Waals surface area contributed by atoms with Crippen molar-refractivity contribution in [1.29, 1.82) is 0 Å². The molecular weight excluding hydrogens is 282 g/mol. The molecule has 4 heteroatoms. The van der Waals surface area contributed by atoms with Gasteiger partial charge in [0.25, 0.3) is 0 Å². The molecular formula is C18H18F2N2. The van der Waals surface area contributed by atoms with E-state index in [2.05, 4.69) is 11.9 Å². The third-order valence-electron chi connectivity index (χ3n) is 3.99. The predicted octanol–water partition coefficient (Wildman–Crippen LogP) is 4.18. The molecule has 0 fully saturated rings. The quantitative estimate of drug-likeness (QED) is 0.746. The first-order valence-corrected chi connectivity index (χ1v) is 7.43. The second-order valence-electron chi connectivity index (χ2n) is 5.33. The number of aromatic amines is 1. The lowest BCUT2D eigenvalue weighted by molar-refractivity contribution is 0.509. The van der Waals surface area contributed by atoms with Crippen LogP contribution in [0.2, 0.25) is 0 Å². The van der Waals surface area contributed by atoms with Gasteiger partial charge in [-0.05, 0) is 54.3 Å². The van der Waals surface area contributed by atoms with E-state index in [-0.39, 0.29) is 0 Å². The number of H-pyrrole nitrogens is 1.